The molecular weight excluding hydrogens is 322 g/mol. The van der Waals surface area contributed by atoms with E-state index in [1.165, 1.54) is 0 Å². The third-order valence-corrected chi connectivity index (χ3v) is 4.44. The molecule has 0 heterocycles. The minimum atomic E-state index is -0.457. The molecule has 0 unspecified atom stereocenters. The van der Waals surface area contributed by atoms with Gasteiger partial charge in [-0.15, -0.1) is 0 Å². The molecule has 4 aromatic rings. The maximum absolute atomic E-state index is 12.5. The van der Waals surface area contributed by atoms with Crippen molar-refractivity contribution >= 4 is 33.2 Å². The largest absolute Gasteiger partial charge is 0.366 e. The Kier molecular flexibility index (Phi) is 4.20. The maximum atomic E-state index is 12.5. The molecular formula is C23H17NO2. The van der Waals surface area contributed by atoms with Gasteiger partial charge in [0.15, 0.2) is 0 Å². The minimum absolute atomic E-state index is 0.457. The molecule has 0 fully saturated rings. The minimum Gasteiger partial charge on any atom is -0.313 e. The highest BCUT2D eigenvalue weighted by Crippen LogP contribution is 2.20. The SMILES string of the molecule is C/C(=N\OC(=O)c1cccc2ccccc12)c1ccc2ccccc2c1. The van der Waals surface area contributed by atoms with Crippen molar-refractivity contribution in [2.24, 2.45) is 5.16 Å². The molecule has 0 N–H and O–H groups in total. The Labute approximate surface area is 151 Å². The average Bonchev–Trinajstić information content (AvgIpc) is 2.71. The number of benzene rings is 4. The summed E-state index contributed by atoms with van der Waals surface area (Å²) in [6, 6.07) is 27.5. The van der Waals surface area contributed by atoms with Crippen LogP contribution in [-0.2, 0) is 4.84 Å². The smallest absolute Gasteiger partial charge is 0.313 e. The Morgan fingerprint density at radius 3 is 2.31 bits per heavy atom. The van der Waals surface area contributed by atoms with Gasteiger partial charge in [0.2, 0.25) is 0 Å². The van der Waals surface area contributed by atoms with Crippen molar-refractivity contribution in [1.82, 2.24) is 0 Å². The van der Waals surface area contributed by atoms with Gasteiger partial charge in [-0.2, -0.15) is 0 Å². The van der Waals surface area contributed by atoms with Crippen LogP contribution in [0, 0.1) is 0 Å². The van der Waals surface area contributed by atoms with Crippen molar-refractivity contribution in [2.45, 2.75) is 6.92 Å². The van der Waals surface area contributed by atoms with E-state index in [1.807, 2.05) is 79.7 Å². The van der Waals surface area contributed by atoms with Crippen LogP contribution in [0.3, 0.4) is 0 Å². The zero-order valence-corrected chi connectivity index (χ0v) is 14.3. The number of rotatable bonds is 3. The third kappa shape index (κ3) is 3.07. The van der Waals surface area contributed by atoms with Crippen molar-refractivity contribution in [3.63, 3.8) is 0 Å². The van der Waals surface area contributed by atoms with Crippen molar-refractivity contribution in [2.75, 3.05) is 0 Å². The van der Waals surface area contributed by atoms with Crippen LogP contribution in [0.25, 0.3) is 21.5 Å². The number of nitrogens with zero attached hydrogens (tertiary/aromatic N) is 1. The lowest BCUT2D eigenvalue weighted by Gasteiger charge is -2.05. The van der Waals surface area contributed by atoms with Gasteiger partial charge in [-0.3, -0.25) is 0 Å². The molecule has 0 saturated carbocycles. The van der Waals surface area contributed by atoms with Gasteiger partial charge in [0.1, 0.15) is 0 Å². The van der Waals surface area contributed by atoms with E-state index in [0.29, 0.717) is 11.3 Å². The second-order valence-electron chi connectivity index (χ2n) is 6.14. The Morgan fingerprint density at radius 2 is 1.46 bits per heavy atom. The Bertz CT molecular complexity index is 1140. The third-order valence-electron chi connectivity index (χ3n) is 4.44. The standard InChI is InChI=1S/C23H17NO2/c1-16(19-14-13-17-7-2-3-9-20(17)15-19)24-26-23(25)22-12-6-10-18-8-4-5-11-21(18)22/h2-15H,1H3/b24-16+. The Balaban J connectivity index is 1.60. The molecule has 0 atom stereocenters. The predicted octanol–water partition coefficient (Wildman–Crippen LogP) is 5.57. The molecule has 0 aliphatic rings. The number of fused-ring (bicyclic) bond motifs is 2. The number of hydrogen-bond donors (Lipinski definition) is 0. The van der Waals surface area contributed by atoms with Gasteiger partial charge >= 0.3 is 5.97 Å². The normalized spacial score (nSPS) is 11.7. The van der Waals surface area contributed by atoms with Crippen molar-refractivity contribution in [1.29, 1.82) is 0 Å². The van der Waals surface area contributed by atoms with Gasteiger partial charge in [-0.25, -0.2) is 4.79 Å². The highest BCUT2D eigenvalue weighted by atomic mass is 16.7. The first kappa shape index (κ1) is 16.0. The van der Waals surface area contributed by atoms with Crippen LogP contribution in [-0.4, -0.2) is 11.7 Å². The monoisotopic (exact) mass is 339 g/mol. The van der Waals surface area contributed by atoms with Crippen LogP contribution in [0.5, 0.6) is 0 Å². The van der Waals surface area contributed by atoms with Crippen molar-refractivity contribution in [3.05, 3.63) is 96.1 Å². The van der Waals surface area contributed by atoms with Gasteiger partial charge in [0.25, 0.3) is 0 Å². The second kappa shape index (κ2) is 6.81. The molecule has 0 bridgehead atoms. The molecule has 3 nitrogen and oxygen atoms in total. The van der Waals surface area contributed by atoms with E-state index in [4.69, 9.17) is 4.84 Å². The molecule has 0 saturated heterocycles. The lowest BCUT2D eigenvalue weighted by molar-refractivity contribution is 0.0519. The number of carbonyl (C=O) groups is 1. The molecule has 0 radical (unpaired) electrons. The van der Waals surface area contributed by atoms with E-state index in [-0.39, 0.29) is 0 Å². The summed E-state index contributed by atoms with van der Waals surface area (Å²) in [7, 11) is 0. The van der Waals surface area contributed by atoms with Gasteiger partial charge < -0.3 is 4.84 Å². The van der Waals surface area contributed by atoms with Crippen LogP contribution in [0.4, 0.5) is 0 Å². The molecule has 26 heavy (non-hydrogen) atoms. The van der Waals surface area contributed by atoms with Gasteiger partial charge in [-0.1, -0.05) is 78.0 Å². The zero-order chi connectivity index (χ0) is 17.9. The van der Waals surface area contributed by atoms with E-state index >= 15 is 0 Å². The fourth-order valence-electron chi connectivity index (χ4n) is 3.03. The lowest BCUT2D eigenvalue weighted by Crippen LogP contribution is -2.04. The summed E-state index contributed by atoms with van der Waals surface area (Å²) in [4.78, 5) is 17.7. The van der Waals surface area contributed by atoms with Crippen LogP contribution in [0.1, 0.15) is 22.8 Å². The van der Waals surface area contributed by atoms with E-state index in [2.05, 4.69) is 11.2 Å². The molecule has 0 aliphatic heterocycles. The molecule has 0 aliphatic carbocycles. The van der Waals surface area contributed by atoms with Crippen LogP contribution in [0.15, 0.2) is 90.1 Å². The summed E-state index contributed by atoms with van der Waals surface area (Å²) in [5.74, 6) is -0.457. The summed E-state index contributed by atoms with van der Waals surface area (Å²) in [5.41, 5.74) is 2.09. The molecule has 126 valence electrons. The zero-order valence-electron chi connectivity index (χ0n) is 14.3. The summed E-state index contributed by atoms with van der Waals surface area (Å²) >= 11 is 0. The van der Waals surface area contributed by atoms with Crippen LogP contribution in [0.2, 0.25) is 0 Å². The fourth-order valence-corrected chi connectivity index (χ4v) is 3.03. The van der Waals surface area contributed by atoms with E-state index < -0.39 is 5.97 Å². The summed E-state index contributed by atoms with van der Waals surface area (Å²) in [6.45, 7) is 1.83. The molecule has 3 heteroatoms. The topological polar surface area (TPSA) is 38.7 Å². The predicted molar refractivity (Wildman–Crippen MR) is 106 cm³/mol. The summed E-state index contributed by atoms with van der Waals surface area (Å²) in [5, 5.41) is 8.20. The maximum Gasteiger partial charge on any atom is 0.366 e. The highest BCUT2D eigenvalue weighted by Gasteiger charge is 2.11. The van der Waals surface area contributed by atoms with E-state index in [0.717, 1.165) is 27.1 Å². The summed E-state index contributed by atoms with van der Waals surface area (Å²) < 4.78 is 0. The first-order valence-electron chi connectivity index (χ1n) is 8.45. The molecule has 4 rings (SSSR count). The molecule has 4 aromatic carbocycles. The number of carbonyl (C=O) groups excluding carboxylic acids is 1. The Hall–Kier alpha value is -3.46. The Morgan fingerprint density at radius 1 is 0.769 bits per heavy atom. The number of oxime groups is 1. The highest BCUT2D eigenvalue weighted by molar-refractivity contribution is 6.05. The van der Waals surface area contributed by atoms with Crippen LogP contribution < -0.4 is 0 Å². The van der Waals surface area contributed by atoms with Gasteiger partial charge in [0, 0.05) is 0 Å². The quantitative estimate of drug-likeness (QED) is 0.278. The molecule has 0 spiro atoms. The fraction of sp³-hybridized carbons (Fsp3) is 0.0435. The van der Waals surface area contributed by atoms with Crippen molar-refractivity contribution in [3.8, 4) is 0 Å². The number of hydrogen-bond acceptors (Lipinski definition) is 3. The van der Waals surface area contributed by atoms with Crippen molar-refractivity contribution < 1.29 is 9.63 Å². The van der Waals surface area contributed by atoms with E-state index in [9.17, 15) is 4.79 Å². The average molecular weight is 339 g/mol. The molecule has 0 aromatic heterocycles. The molecule has 0 amide bonds. The second-order valence-corrected chi connectivity index (χ2v) is 6.14. The van der Waals surface area contributed by atoms with E-state index in [1.54, 1.807) is 6.07 Å². The summed E-state index contributed by atoms with van der Waals surface area (Å²) in [6.07, 6.45) is 0. The van der Waals surface area contributed by atoms with Gasteiger partial charge in [-0.05, 0) is 46.2 Å². The van der Waals surface area contributed by atoms with Gasteiger partial charge in [0.05, 0.1) is 11.3 Å². The van der Waals surface area contributed by atoms with Crippen LogP contribution >= 0.6 is 0 Å². The first-order valence-corrected chi connectivity index (χ1v) is 8.45. The lowest BCUT2D eigenvalue weighted by atomic mass is 10.0. The first-order chi connectivity index (χ1) is 12.7.